The summed E-state index contributed by atoms with van der Waals surface area (Å²) in [7, 11) is 1.39. The zero-order valence-electron chi connectivity index (χ0n) is 15.2. The number of esters is 1. The van der Waals surface area contributed by atoms with E-state index in [0.717, 1.165) is 33.1 Å². The van der Waals surface area contributed by atoms with Crippen molar-refractivity contribution in [3.63, 3.8) is 0 Å². The van der Waals surface area contributed by atoms with Gasteiger partial charge < -0.3 is 24.7 Å². The zero-order valence-corrected chi connectivity index (χ0v) is 15.2. The maximum atomic E-state index is 12.5. The fraction of sp³-hybridized carbons (Fsp3) is 0.0455. The standard InChI is InChI=1S/C22H18N4O2/c1-28-22(27)21-19-8-6-17(25-19)11-15-4-2-13(23-15)10-14-3-5-16(24-14)12-18-7-9-20(21)26-18/h2-12,23-26H,1H3. The Labute approximate surface area is 159 Å². The lowest BCUT2D eigenvalue weighted by Crippen LogP contribution is -2.20. The molecule has 138 valence electrons. The number of ether oxygens (including phenoxy) is 1. The molecule has 0 radical (unpaired) electrons. The lowest BCUT2D eigenvalue weighted by molar-refractivity contribution is -0.133. The van der Waals surface area contributed by atoms with E-state index >= 15 is 0 Å². The number of hydrogen-bond donors (Lipinski definition) is 4. The van der Waals surface area contributed by atoms with E-state index in [1.165, 1.54) is 7.11 Å². The van der Waals surface area contributed by atoms with Crippen molar-refractivity contribution in [1.29, 1.82) is 0 Å². The third-order valence-corrected chi connectivity index (χ3v) is 4.74. The molecule has 5 rings (SSSR count). The molecule has 4 N–H and O–H groups in total. The van der Waals surface area contributed by atoms with Gasteiger partial charge in [-0.3, -0.25) is 0 Å². The smallest absolute Gasteiger partial charge is 0.342 e. The molecule has 0 atom stereocenters. The van der Waals surface area contributed by atoms with Gasteiger partial charge in [0.1, 0.15) is 5.57 Å². The first kappa shape index (κ1) is 16.3. The van der Waals surface area contributed by atoms with Crippen molar-refractivity contribution in [2.75, 3.05) is 7.11 Å². The summed E-state index contributed by atoms with van der Waals surface area (Å²) in [5.41, 5.74) is 4.01. The van der Waals surface area contributed by atoms with E-state index in [-0.39, 0.29) is 0 Å². The molecule has 6 nitrogen and oxygen atoms in total. The Kier molecular flexibility index (Phi) is 3.69. The molecule has 0 aromatic carbocycles. The second-order valence-electron chi connectivity index (χ2n) is 6.69. The van der Waals surface area contributed by atoms with Gasteiger partial charge in [-0.05, 0) is 66.8 Å². The predicted octanol–water partition coefficient (Wildman–Crippen LogP) is 0.171. The molecular formula is C22H18N4O2. The molecule has 0 saturated heterocycles. The Hall–Kier alpha value is -3.93. The van der Waals surface area contributed by atoms with Crippen molar-refractivity contribution < 1.29 is 9.53 Å². The zero-order chi connectivity index (χ0) is 19.1. The minimum Gasteiger partial charge on any atom is -0.465 e. The summed E-state index contributed by atoms with van der Waals surface area (Å²) >= 11 is 0. The summed E-state index contributed by atoms with van der Waals surface area (Å²) in [5, 5.41) is 3.55. The third kappa shape index (κ3) is 2.91. The first-order chi connectivity index (χ1) is 13.7. The fourth-order valence-corrected chi connectivity index (χ4v) is 3.45. The van der Waals surface area contributed by atoms with E-state index in [9.17, 15) is 4.79 Å². The molecule has 0 fully saturated rings. The van der Waals surface area contributed by atoms with Gasteiger partial charge in [0.25, 0.3) is 0 Å². The molecule has 1 aliphatic rings. The minimum atomic E-state index is -0.401. The molecule has 0 saturated carbocycles. The minimum absolute atomic E-state index is 0.401. The van der Waals surface area contributed by atoms with Crippen LogP contribution in [0.15, 0.2) is 48.5 Å². The van der Waals surface area contributed by atoms with Gasteiger partial charge >= 0.3 is 5.97 Å². The Morgan fingerprint density at radius 2 is 1.25 bits per heavy atom. The highest BCUT2D eigenvalue weighted by Gasteiger charge is 2.16. The van der Waals surface area contributed by atoms with E-state index in [4.69, 9.17) is 4.74 Å². The van der Waals surface area contributed by atoms with Crippen LogP contribution in [0.2, 0.25) is 0 Å². The van der Waals surface area contributed by atoms with Crippen molar-refractivity contribution in [1.82, 2.24) is 19.9 Å². The molecule has 6 heteroatoms. The van der Waals surface area contributed by atoms with Crippen molar-refractivity contribution in [3.8, 4) is 0 Å². The topological polar surface area (TPSA) is 89.5 Å². The highest BCUT2D eigenvalue weighted by molar-refractivity contribution is 6.15. The summed E-state index contributed by atoms with van der Waals surface area (Å²) in [5.74, 6) is -0.401. The van der Waals surface area contributed by atoms with Gasteiger partial charge in [0.2, 0.25) is 0 Å². The van der Waals surface area contributed by atoms with Crippen molar-refractivity contribution in [2.24, 2.45) is 0 Å². The summed E-state index contributed by atoms with van der Waals surface area (Å²) in [6, 6.07) is 15.7. The van der Waals surface area contributed by atoms with Crippen LogP contribution in [0, 0.1) is 0 Å². The molecule has 4 aromatic rings. The van der Waals surface area contributed by atoms with Gasteiger partial charge in [-0.25, -0.2) is 4.79 Å². The average molecular weight is 370 g/mol. The number of carbonyl (C=O) groups excluding carboxylic acids is 1. The highest BCUT2D eigenvalue weighted by atomic mass is 16.5. The number of nitrogens with one attached hydrogen (secondary N) is 4. The number of fused-ring (bicyclic) bond motifs is 8. The molecular weight excluding hydrogens is 352 g/mol. The molecule has 0 spiro atoms. The summed E-state index contributed by atoms with van der Waals surface area (Å²) in [6.07, 6.45) is 6.05. The normalized spacial score (nSPS) is 12.7. The molecule has 0 aliphatic carbocycles. The molecule has 0 amide bonds. The van der Waals surface area contributed by atoms with Crippen LogP contribution < -0.4 is 21.4 Å². The second kappa shape index (κ2) is 6.35. The van der Waals surface area contributed by atoms with E-state index in [0.29, 0.717) is 16.6 Å². The Morgan fingerprint density at radius 3 is 1.93 bits per heavy atom. The van der Waals surface area contributed by atoms with E-state index in [1.807, 2.05) is 60.7 Å². The van der Waals surface area contributed by atoms with Crippen LogP contribution in [-0.2, 0) is 9.53 Å². The average Bonchev–Trinajstić information content (AvgIpc) is 3.46. The highest BCUT2D eigenvalue weighted by Crippen LogP contribution is 2.13. The molecule has 5 heterocycles. The van der Waals surface area contributed by atoms with Gasteiger partial charge in [0, 0.05) is 33.1 Å². The van der Waals surface area contributed by atoms with E-state index in [1.54, 1.807) is 0 Å². The van der Waals surface area contributed by atoms with Gasteiger partial charge in [0.15, 0.2) is 0 Å². The number of carbonyl (C=O) groups is 1. The van der Waals surface area contributed by atoms with E-state index < -0.39 is 5.97 Å². The molecule has 28 heavy (non-hydrogen) atoms. The number of methoxy groups -OCH3 is 1. The number of aromatic nitrogens is 4. The lowest BCUT2D eigenvalue weighted by atomic mass is 10.2. The van der Waals surface area contributed by atoms with Crippen LogP contribution in [0.25, 0.3) is 23.8 Å². The quantitative estimate of drug-likeness (QED) is 0.360. The van der Waals surface area contributed by atoms with Crippen LogP contribution in [-0.4, -0.2) is 33.0 Å². The number of H-pyrrole nitrogens is 4. The molecule has 4 aromatic heterocycles. The van der Waals surface area contributed by atoms with E-state index in [2.05, 4.69) is 26.0 Å². The summed E-state index contributed by atoms with van der Waals surface area (Å²) < 4.78 is 5.02. The maximum Gasteiger partial charge on any atom is 0.342 e. The van der Waals surface area contributed by atoms with Gasteiger partial charge in [-0.15, -0.1) is 0 Å². The van der Waals surface area contributed by atoms with Crippen LogP contribution in [0.5, 0.6) is 0 Å². The second-order valence-corrected chi connectivity index (χ2v) is 6.69. The number of rotatable bonds is 1. The first-order valence-corrected chi connectivity index (χ1v) is 8.94. The lowest BCUT2D eigenvalue weighted by Gasteiger charge is -2.02. The monoisotopic (exact) mass is 370 g/mol. The van der Waals surface area contributed by atoms with Crippen LogP contribution in [0.1, 0.15) is 22.8 Å². The summed E-state index contributed by atoms with van der Waals surface area (Å²) in [6.45, 7) is 0. The third-order valence-electron chi connectivity index (χ3n) is 4.74. The van der Waals surface area contributed by atoms with Gasteiger partial charge in [-0.2, -0.15) is 0 Å². The summed E-state index contributed by atoms with van der Waals surface area (Å²) in [4.78, 5) is 25.8. The predicted molar refractivity (Wildman–Crippen MR) is 107 cm³/mol. The van der Waals surface area contributed by atoms with Crippen LogP contribution in [0.4, 0.5) is 0 Å². The molecule has 8 bridgehead atoms. The fourth-order valence-electron chi connectivity index (χ4n) is 3.45. The number of hydrogen-bond acceptors (Lipinski definition) is 2. The Morgan fingerprint density at radius 1 is 0.679 bits per heavy atom. The van der Waals surface area contributed by atoms with Crippen molar-refractivity contribution in [3.05, 3.63) is 92.7 Å². The molecule has 0 unspecified atom stereocenters. The first-order valence-electron chi connectivity index (χ1n) is 8.94. The number of aromatic amines is 4. The maximum absolute atomic E-state index is 12.5. The largest absolute Gasteiger partial charge is 0.465 e. The SMILES string of the molecule is COC(=O)C1=c2ccc([nH]2)=Cc2ccc([nH]2)C=c2ccc([nH]2)=Cc2ccc1[nH]2. The van der Waals surface area contributed by atoms with Gasteiger partial charge in [-0.1, -0.05) is 0 Å². The Balaban J connectivity index is 1.83. The molecule has 1 aliphatic heterocycles. The van der Waals surface area contributed by atoms with Crippen molar-refractivity contribution in [2.45, 2.75) is 0 Å². The van der Waals surface area contributed by atoms with Crippen LogP contribution >= 0.6 is 0 Å². The Bertz CT molecular complexity index is 1430. The van der Waals surface area contributed by atoms with Crippen molar-refractivity contribution >= 4 is 29.8 Å². The van der Waals surface area contributed by atoms with Gasteiger partial charge in [0.05, 0.1) is 18.2 Å². The van der Waals surface area contributed by atoms with Crippen LogP contribution in [0.3, 0.4) is 0 Å².